The minimum absolute atomic E-state index is 0.0988. The summed E-state index contributed by atoms with van der Waals surface area (Å²) in [5, 5.41) is 37.7. The van der Waals surface area contributed by atoms with Gasteiger partial charge in [-0.3, -0.25) is 0 Å². The van der Waals surface area contributed by atoms with Crippen molar-refractivity contribution in [2.75, 3.05) is 24.3 Å². The molecule has 2 saturated carbocycles. The molecular weight excluding hydrogens is 522 g/mol. The summed E-state index contributed by atoms with van der Waals surface area (Å²) in [7, 11) is 0. The highest BCUT2D eigenvalue weighted by molar-refractivity contribution is 7.99. The van der Waals surface area contributed by atoms with Crippen molar-refractivity contribution in [2.24, 2.45) is 11.0 Å². The first-order chi connectivity index (χ1) is 17.4. The lowest BCUT2D eigenvalue weighted by Gasteiger charge is -2.17. The summed E-state index contributed by atoms with van der Waals surface area (Å²) < 4.78 is 6.27. The van der Waals surface area contributed by atoms with Crippen LogP contribution in [0, 0.1) is 11.4 Å². The van der Waals surface area contributed by atoms with Crippen LogP contribution in [0.5, 0.6) is 0 Å². The molecule has 0 amide bonds. The summed E-state index contributed by atoms with van der Waals surface area (Å²) >= 11 is 9.30. The van der Waals surface area contributed by atoms with Crippen molar-refractivity contribution in [1.29, 1.82) is 5.53 Å². The van der Waals surface area contributed by atoms with E-state index in [2.05, 4.69) is 23.4 Å². The minimum Gasteiger partial charge on any atom is -0.394 e. The standard InChI is InChI=1S/C24H34ClN5O4S2/c1-2-10-35-24-28-15(5-3-4-13-11-17(34-9-8-31)22(33)21(13)32)20(30-26)23(29-24)27-16-12-14(16)18-6-7-19(25)36-18/h6-7,13-14,16-17,21-22,26,31-33H,2-5,8-12H2,1H3,(H,27,28,29). The number of ether oxygens (including phenoxy) is 1. The molecule has 6 unspecified atom stereocenters. The zero-order valence-corrected chi connectivity index (χ0v) is 22.7. The Morgan fingerprint density at radius 2 is 2.11 bits per heavy atom. The Morgan fingerprint density at radius 1 is 1.28 bits per heavy atom. The topological polar surface area (TPSA) is 144 Å². The zero-order chi connectivity index (χ0) is 25.7. The molecule has 2 aliphatic rings. The van der Waals surface area contributed by atoms with Gasteiger partial charge in [0.25, 0.3) is 0 Å². The maximum absolute atomic E-state index is 10.4. The third kappa shape index (κ3) is 6.75. The number of aliphatic hydroxyl groups excluding tert-OH is 3. The summed E-state index contributed by atoms with van der Waals surface area (Å²) in [6, 6.07) is 4.21. The first-order valence-corrected chi connectivity index (χ1v) is 14.6. The molecule has 6 atom stereocenters. The molecule has 2 heterocycles. The van der Waals surface area contributed by atoms with Gasteiger partial charge in [0, 0.05) is 22.6 Å². The molecule has 0 radical (unpaired) electrons. The number of nitrogens with zero attached hydrogens (tertiary/aromatic N) is 3. The second kappa shape index (κ2) is 12.9. The molecule has 2 fully saturated rings. The molecular formula is C24H34ClN5O4S2. The van der Waals surface area contributed by atoms with E-state index in [9.17, 15) is 10.2 Å². The van der Waals surface area contributed by atoms with Gasteiger partial charge in [0.05, 0.1) is 35.5 Å². The van der Waals surface area contributed by atoms with Crippen molar-refractivity contribution < 1.29 is 20.1 Å². The number of anilines is 1. The molecule has 12 heteroatoms. The van der Waals surface area contributed by atoms with Crippen LogP contribution in [0.3, 0.4) is 0 Å². The van der Waals surface area contributed by atoms with Crippen molar-refractivity contribution in [3.05, 3.63) is 27.0 Å². The van der Waals surface area contributed by atoms with Crippen LogP contribution >= 0.6 is 34.7 Å². The third-order valence-electron chi connectivity index (χ3n) is 6.72. The van der Waals surface area contributed by atoms with Crippen LogP contribution in [0.2, 0.25) is 4.34 Å². The van der Waals surface area contributed by atoms with E-state index in [-0.39, 0.29) is 25.2 Å². The molecule has 36 heavy (non-hydrogen) atoms. The first kappa shape index (κ1) is 27.7. The third-order valence-corrected chi connectivity index (χ3v) is 9.13. The smallest absolute Gasteiger partial charge is 0.189 e. The number of hydrogen-bond donors (Lipinski definition) is 5. The molecule has 2 aliphatic carbocycles. The highest BCUT2D eigenvalue weighted by atomic mass is 35.5. The van der Waals surface area contributed by atoms with Crippen molar-refractivity contribution >= 4 is 46.2 Å². The maximum Gasteiger partial charge on any atom is 0.189 e. The summed E-state index contributed by atoms with van der Waals surface area (Å²) in [5.41, 5.74) is 9.02. The molecule has 0 aliphatic heterocycles. The summed E-state index contributed by atoms with van der Waals surface area (Å²) in [6.07, 6.45) is 2.25. The lowest BCUT2D eigenvalue weighted by atomic mass is 9.97. The zero-order valence-electron chi connectivity index (χ0n) is 20.3. The van der Waals surface area contributed by atoms with Crippen molar-refractivity contribution in [2.45, 2.75) is 80.9 Å². The van der Waals surface area contributed by atoms with Gasteiger partial charge >= 0.3 is 0 Å². The number of thiophene rings is 1. The van der Waals surface area contributed by atoms with E-state index >= 15 is 0 Å². The quantitative estimate of drug-likeness (QED) is 0.127. The van der Waals surface area contributed by atoms with Crippen LogP contribution < -0.4 is 5.32 Å². The predicted molar refractivity (Wildman–Crippen MR) is 142 cm³/mol. The van der Waals surface area contributed by atoms with Crippen LogP contribution in [0.15, 0.2) is 22.4 Å². The molecule has 9 nitrogen and oxygen atoms in total. The number of hydrogen-bond acceptors (Lipinski definition) is 11. The van der Waals surface area contributed by atoms with Crippen LogP contribution in [-0.2, 0) is 11.2 Å². The average Bonchev–Trinajstić information content (AvgIpc) is 3.41. The molecule has 0 aromatic carbocycles. The van der Waals surface area contributed by atoms with Gasteiger partial charge in [0.15, 0.2) is 11.0 Å². The van der Waals surface area contributed by atoms with Crippen molar-refractivity contribution in [1.82, 2.24) is 9.97 Å². The fourth-order valence-corrected chi connectivity index (χ4v) is 6.72. The van der Waals surface area contributed by atoms with Gasteiger partial charge in [0.2, 0.25) is 0 Å². The number of rotatable bonds is 14. The number of thioether (sulfide) groups is 1. The largest absolute Gasteiger partial charge is 0.394 e. The Labute approximate surface area is 224 Å². The molecule has 5 N–H and O–H groups in total. The Bertz CT molecular complexity index is 1030. The highest BCUT2D eigenvalue weighted by Crippen LogP contribution is 2.47. The van der Waals surface area contributed by atoms with Gasteiger partial charge in [-0.15, -0.1) is 11.3 Å². The molecule has 198 valence electrons. The second-order valence-electron chi connectivity index (χ2n) is 9.35. The second-order valence-corrected chi connectivity index (χ2v) is 12.2. The molecule has 2 aromatic rings. The normalized spacial score (nSPS) is 27.4. The number of halogens is 1. The SMILES string of the molecule is CCCSc1nc(CCCC2CC(OCCO)C(O)C2O)c(N=N)c(NC2CC2c2ccc(Cl)s2)n1. The molecule has 2 aromatic heterocycles. The van der Waals surface area contributed by atoms with Gasteiger partial charge in [0.1, 0.15) is 11.8 Å². The molecule has 0 saturated heterocycles. The Kier molecular flexibility index (Phi) is 9.96. The Hall–Kier alpha value is -1.34. The highest BCUT2D eigenvalue weighted by Gasteiger charge is 2.42. The summed E-state index contributed by atoms with van der Waals surface area (Å²) in [5.74, 6) is 1.77. The Morgan fingerprint density at radius 3 is 2.81 bits per heavy atom. The number of nitrogens with one attached hydrogen (secondary N) is 2. The van der Waals surface area contributed by atoms with E-state index in [1.165, 1.54) is 4.88 Å². The minimum atomic E-state index is -0.947. The number of aromatic nitrogens is 2. The van der Waals surface area contributed by atoms with E-state index in [4.69, 9.17) is 36.9 Å². The first-order valence-electron chi connectivity index (χ1n) is 12.5. The van der Waals surface area contributed by atoms with Gasteiger partial charge in [-0.2, -0.15) is 5.11 Å². The number of aryl methyl sites for hydroxylation is 1. The monoisotopic (exact) mass is 555 g/mol. The van der Waals surface area contributed by atoms with Gasteiger partial charge in [-0.1, -0.05) is 30.3 Å². The Balaban J connectivity index is 1.43. The van der Waals surface area contributed by atoms with Gasteiger partial charge in [-0.05, 0) is 56.6 Å². The molecule has 0 spiro atoms. The van der Waals surface area contributed by atoms with Crippen LogP contribution in [-0.4, -0.2) is 68.6 Å². The lowest BCUT2D eigenvalue weighted by Crippen LogP contribution is -2.32. The fraction of sp³-hybridized carbons (Fsp3) is 0.667. The van der Waals surface area contributed by atoms with Crippen molar-refractivity contribution in [3.63, 3.8) is 0 Å². The van der Waals surface area contributed by atoms with Crippen LogP contribution in [0.4, 0.5) is 11.5 Å². The molecule has 4 rings (SSSR count). The fourth-order valence-electron chi connectivity index (χ4n) is 4.77. The van der Waals surface area contributed by atoms with E-state index in [1.807, 2.05) is 6.07 Å². The van der Waals surface area contributed by atoms with E-state index < -0.39 is 18.3 Å². The average molecular weight is 556 g/mol. The van der Waals surface area contributed by atoms with Crippen LogP contribution in [0.25, 0.3) is 0 Å². The van der Waals surface area contributed by atoms with E-state index in [0.717, 1.165) is 35.0 Å². The number of aliphatic hydroxyl groups is 3. The predicted octanol–water partition coefficient (Wildman–Crippen LogP) is 4.77. The van der Waals surface area contributed by atoms with Crippen LogP contribution in [0.1, 0.15) is 55.5 Å². The van der Waals surface area contributed by atoms with Gasteiger partial charge < -0.3 is 25.4 Å². The van der Waals surface area contributed by atoms with Gasteiger partial charge in [-0.25, -0.2) is 15.5 Å². The maximum atomic E-state index is 10.4. The van der Waals surface area contributed by atoms with Crippen molar-refractivity contribution in [3.8, 4) is 0 Å². The van der Waals surface area contributed by atoms with E-state index in [1.54, 1.807) is 23.1 Å². The molecule has 0 bridgehead atoms. The lowest BCUT2D eigenvalue weighted by molar-refractivity contribution is -0.0633. The summed E-state index contributed by atoms with van der Waals surface area (Å²) in [4.78, 5) is 10.7. The van der Waals surface area contributed by atoms with E-state index in [0.29, 0.717) is 41.8 Å². The summed E-state index contributed by atoms with van der Waals surface area (Å²) in [6.45, 7) is 2.14.